The Kier molecular flexibility index (Phi) is 4.67. The number of fused-ring (bicyclic) bond motifs is 2. The minimum atomic E-state index is -0.390. The van der Waals surface area contributed by atoms with Crippen LogP contribution in [0.5, 0.6) is 0 Å². The third kappa shape index (κ3) is 3.37. The van der Waals surface area contributed by atoms with E-state index in [-0.39, 0.29) is 11.7 Å². The Morgan fingerprint density at radius 2 is 1.66 bits per heavy atom. The zero-order valence-corrected chi connectivity index (χ0v) is 17.4. The van der Waals surface area contributed by atoms with E-state index in [0.717, 1.165) is 16.5 Å². The average molecular weight is 425 g/mol. The van der Waals surface area contributed by atoms with Gasteiger partial charge in [0.05, 0.1) is 10.9 Å². The van der Waals surface area contributed by atoms with Crippen LogP contribution >= 0.6 is 0 Å². The zero-order valence-electron chi connectivity index (χ0n) is 17.4. The summed E-state index contributed by atoms with van der Waals surface area (Å²) in [6.45, 7) is 1.85. The number of nitrogens with zero attached hydrogens (tertiary/aromatic N) is 3. The predicted octanol–water partition coefficient (Wildman–Crippen LogP) is 4.53. The number of carbonyl (C=O) groups excluding carboxylic acids is 2. The van der Waals surface area contributed by atoms with Gasteiger partial charge in [-0.3, -0.25) is 14.3 Å². The van der Waals surface area contributed by atoms with Crippen molar-refractivity contribution in [1.29, 1.82) is 0 Å². The van der Waals surface area contributed by atoms with Gasteiger partial charge in [0, 0.05) is 23.8 Å². The maximum Gasteiger partial charge on any atom is 0.294 e. The van der Waals surface area contributed by atoms with E-state index in [1.165, 1.54) is 0 Å². The van der Waals surface area contributed by atoms with E-state index >= 15 is 0 Å². The fourth-order valence-corrected chi connectivity index (χ4v) is 3.69. The fourth-order valence-electron chi connectivity index (χ4n) is 3.69. The van der Waals surface area contributed by atoms with Gasteiger partial charge in [-0.25, -0.2) is 0 Å². The molecule has 0 spiro atoms. The summed E-state index contributed by atoms with van der Waals surface area (Å²) in [6, 6.07) is 20.0. The highest BCUT2D eigenvalue weighted by Crippen LogP contribution is 2.24. The second kappa shape index (κ2) is 7.66. The number of nitrogens with one attached hydrogen (secondary N) is 2. The summed E-state index contributed by atoms with van der Waals surface area (Å²) in [6.07, 6.45) is 0. The molecule has 0 aliphatic heterocycles. The second-order valence-electron chi connectivity index (χ2n) is 7.46. The van der Waals surface area contributed by atoms with Crippen LogP contribution < -0.4 is 10.6 Å². The van der Waals surface area contributed by atoms with Gasteiger partial charge >= 0.3 is 0 Å². The summed E-state index contributed by atoms with van der Waals surface area (Å²) in [5.74, 6) is -0.538. The number of aromatic nitrogens is 3. The molecule has 0 aliphatic rings. The third-order valence-electron chi connectivity index (χ3n) is 5.30. The highest BCUT2D eigenvalue weighted by molar-refractivity contribution is 6.12. The van der Waals surface area contributed by atoms with E-state index in [4.69, 9.17) is 4.52 Å². The Morgan fingerprint density at radius 1 is 0.906 bits per heavy atom. The van der Waals surface area contributed by atoms with Crippen molar-refractivity contribution in [2.24, 2.45) is 7.05 Å². The summed E-state index contributed by atoms with van der Waals surface area (Å²) >= 11 is 0. The molecule has 158 valence electrons. The van der Waals surface area contributed by atoms with E-state index in [1.54, 1.807) is 42.1 Å². The maximum atomic E-state index is 12.8. The van der Waals surface area contributed by atoms with Gasteiger partial charge in [0.2, 0.25) is 5.76 Å². The Labute approximate surface area is 182 Å². The first-order valence-corrected chi connectivity index (χ1v) is 10.0. The number of aryl methyl sites for hydroxylation is 2. The van der Waals surface area contributed by atoms with Gasteiger partial charge in [0.15, 0.2) is 5.69 Å². The number of hydrogen-bond donors (Lipinski definition) is 2. The van der Waals surface area contributed by atoms with E-state index in [0.29, 0.717) is 28.0 Å². The maximum absolute atomic E-state index is 12.8. The highest BCUT2D eigenvalue weighted by Gasteiger charge is 2.18. The monoisotopic (exact) mass is 425 g/mol. The smallest absolute Gasteiger partial charge is 0.294 e. The summed E-state index contributed by atoms with van der Waals surface area (Å²) in [5, 5.41) is 15.4. The Hall–Kier alpha value is -4.46. The Balaban J connectivity index is 1.35. The van der Waals surface area contributed by atoms with Gasteiger partial charge in [-0.05, 0) is 48.9 Å². The lowest BCUT2D eigenvalue weighted by molar-refractivity contribution is 0.0988. The molecule has 0 bridgehead atoms. The molecular formula is C24H19N5O3. The number of rotatable bonds is 4. The molecule has 2 amide bonds. The molecule has 0 aliphatic carbocycles. The summed E-state index contributed by atoms with van der Waals surface area (Å²) in [7, 11) is 1.80. The number of carbonyl (C=O) groups is 2. The van der Waals surface area contributed by atoms with Crippen molar-refractivity contribution in [1.82, 2.24) is 14.9 Å². The van der Waals surface area contributed by atoms with E-state index in [1.807, 2.05) is 43.3 Å². The molecule has 2 N–H and O–H groups in total. The van der Waals surface area contributed by atoms with Gasteiger partial charge in [-0.15, -0.1) is 0 Å². The first-order valence-electron chi connectivity index (χ1n) is 10.0. The minimum absolute atomic E-state index is 0.152. The molecule has 5 aromatic rings. The summed E-state index contributed by atoms with van der Waals surface area (Å²) in [4.78, 5) is 25.5. The molecule has 0 saturated carbocycles. The van der Waals surface area contributed by atoms with E-state index < -0.39 is 5.91 Å². The van der Waals surface area contributed by atoms with E-state index in [2.05, 4.69) is 20.9 Å². The number of benzene rings is 3. The van der Waals surface area contributed by atoms with Crippen molar-refractivity contribution in [3.63, 3.8) is 0 Å². The van der Waals surface area contributed by atoms with Gasteiger partial charge in [0.25, 0.3) is 11.8 Å². The largest absolute Gasteiger partial charge is 0.350 e. The van der Waals surface area contributed by atoms with Gasteiger partial charge in [-0.2, -0.15) is 5.10 Å². The van der Waals surface area contributed by atoms with Crippen LogP contribution in [0.2, 0.25) is 0 Å². The van der Waals surface area contributed by atoms with Crippen molar-refractivity contribution < 1.29 is 14.1 Å². The predicted molar refractivity (Wildman–Crippen MR) is 122 cm³/mol. The molecular weight excluding hydrogens is 406 g/mol. The van der Waals surface area contributed by atoms with Gasteiger partial charge < -0.3 is 15.2 Å². The van der Waals surface area contributed by atoms with Crippen LogP contribution in [-0.4, -0.2) is 26.8 Å². The lowest BCUT2D eigenvalue weighted by Gasteiger charge is -2.10. The number of hydrogen-bond acceptors (Lipinski definition) is 5. The first kappa shape index (κ1) is 19.5. The second-order valence-corrected chi connectivity index (χ2v) is 7.46. The zero-order chi connectivity index (χ0) is 22.2. The van der Waals surface area contributed by atoms with Crippen LogP contribution in [0, 0.1) is 6.92 Å². The quantitative estimate of drug-likeness (QED) is 0.441. The molecule has 0 unspecified atom stereocenters. The standard InChI is InChI=1S/C24H19N5O3/c1-14-13-15(25-23(30)21-17-8-4-6-10-20(17)29(2)27-21)11-12-18(14)26-24(31)22-16-7-3-5-9-19(16)28-32-22/h3-13H,1-2H3,(H,25,30)(H,26,31). The topological polar surface area (TPSA) is 102 Å². The lowest BCUT2D eigenvalue weighted by Crippen LogP contribution is -2.15. The van der Waals surface area contributed by atoms with Crippen LogP contribution in [0.1, 0.15) is 26.6 Å². The molecule has 0 saturated heterocycles. The third-order valence-corrected chi connectivity index (χ3v) is 5.30. The van der Waals surface area contributed by atoms with Gasteiger partial charge in [0.1, 0.15) is 5.52 Å². The van der Waals surface area contributed by atoms with Crippen LogP contribution in [0.4, 0.5) is 11.4 Å². The Bertz CT molecular complexity index is 1500. The number of anilines is 2. The number of amides is 2. The molecule has 3 aromatic carbocycles. The molecule has 0 radical (unpaired) electrons. The fraction of sp³-hybridized carbons (Fsp3) is 0.0833. The van der Waals surface area contributed by atoms with Crippen molar-refractivity contribution in [3.05, 3.63) is 83.7 Å². The van der Waals surface area contributed by atoms with Crippen LogP contribution in [0.15, 0.2) is 71.3 Å². The Morgan fingerprint density at radius 3 is 2.47 bits per heavy atom. The van der Waals surface area contributed by atoms with Crippen LogP contribution in [0.25, 0.3) is 21.8 Å². The molecule has 32 heavy (non-hydrogen) atoms. The molecule has 2 heterocycles. The van der Waals surface area contributed by atoms with Crippen molar-refractivity contribution in [2.75, 3.05) is 10.6 Å². The molecule has 8 heteroatoms. The molecule has 0 atom stereocenters. The molecule has 8 nitrogen and oxygen atoms in total. The van der Waals surface area contributed by atoms with Gasteiger partial charge in [-0.1, -0.05) is 35.5 Å². The normalized spacial score (nSPS) is 11.1. The first-order chi connectivity index (χ1) is 15.5. The number of para-hydroxylation sites is 1. The van der Waals surface area contributed by atoms with Crippen LogP contribution in [0.3, 0.4) is 0 Å². The summed E-state index contributed by atoms with van der Waals surface area (Å²) in [5.41, 5.74) is 3.85. The van der Waals surface area contributed by atoms with Crippen molar-refractivity contribution in [3.8, 4) is 0 Å². The molecule has 2 aromatic heterocycles. The SMILES string of the molecule is Cc1cc(NC(=O)c2nn(C)c3ccccc23)ccc1NC(=O)c1onc2ccccc12. The highest BCUT2D eigenvalue weighted by atomic mass is 16.5. The average Bonchev–Trinajstić information content (AvgIpc) is 3.37. The molecule has 0 fully saturated rings. The lowest BCUT2D eigenvalue weighted by atomic mass is 10.1. The minimum Gasteiger partial charge on any atom is -0.350 e. The van der Waals surface area contributed by atoms with Crippen LogP contribution in [-0.2, 0) is 7.05 Å². The summed E-state index contributed by atoms with van der Waals surface area (Å²) < 4.78 is 6.91. The van der Waals surface area contributed by atoms with Crippen molar-refractivity contribution in [2.45, 2.75) is 6.92 Å². The van der Waals surface area contributed by atoms with Crippen molar-refractivity contribution >= 4 is 45.0 Å². The molecule has 5 rings (SSSR count). The van der Waals surface area contributed by atoms with E-state index in [9.17, 15) is 9.59 Å².